The van der Waals surface area contributed by atoms with E-state index in [1.165, 1.54) is 34.8 Å². The average molecular weight is 765 g/mol. The summed E-state index contributed by atoms with van der Waals surface area (Å²) in [6.07, 6.45) is 2.19. The smallest absolute Gasteiger partial charge is 0.137 e. The Kier molecular flexibility index (Phi) is 7.50. The van der Waals surface area contributed by atoms with Gasteiger partial charge in [0.15, 0.2) is 0 Å². The molecule has 4 nitrogen and oxygen atoms in total. The number of hydrogen-bond acceptors (Lipinski definition) is 3. The third-order valence-corrected chi connectivity index (χ3v) is 11.7. The van der Waals surface area contributed by atoms with E-state index in [1.54, 1.807) is 36.4 Å². The first-order valence-corrected chi connectivity index (χ1v) is 20.2. The van der Waals surface area contributed by atoms with Crippen molar-refractivity contribution in [3.05, 3.63) is 191 Å². The molecule has 9 rings (SSSR count). The average Bonchev–Trinajstić information content (AvgIpc) is 3.79. The first-order chi connectivity index (χ1) is 30.3. The molecular weight excluding hydrogens is 705 g/mol. The fraction of sp³-hybridized carbons (Fsp3) is 0.241. The van der Waals surface area contributed by atoms with Gasteiger partial charge in [0.05, 0.1) is 28.1 Å². The zero-order chi connectivity index (χ0) is 45.4. The van der Waals surface area contributed by atoms with E-state index in [9.17, 15) is 0 Å². The van der Waals surface area contributed by atoms with Crippen LogP contribution >= 0.6 is 0 Å². The lowest BCUT2D eigenvalue weighted by atomic mass is 9.78. The molecule has 0 bridgehead atoms. The Morgan fingerprint density at radius 3 is 1.91 bits per heavy atom. The van der Waals surface area contributed by atoms with Crippen molar-refractivity contribution < 1.29 is 8.22 Å². The minimum Gasteiger partial charge on any atom is -0.321 e. The Morgan fingerprint density at radius 2 is 1.19 bits per heavy atom. The summed E-state index contributed by atoms with van der Waals surface area (Å²) < 4.78 is 54.6. The van der Waals surface area contributed by atoms with Gasteiger partial charge < -0.3 is 9.80 Å². The van der Waals surface area contributed by atoms with Gasteiger partial charge in [0.1, 0.15) is 12.5 Å². The number of fused-ring (bicyclic) bond motifs is 4. The molecule has 3 heterocycles. The number of para-hydroxylation sites is 4. The standard InChI is InChI=1S/C54H54N4/c1-52(2,3)44-23-17-24-45(53(4,5)6)51(44)57-36-56(47-26-14-15-27-48(47)57)41-21-16-18-37(33-41)32-38-28-29-43-42-22-12-13-25-46(42)58(49(43)34-38)50-35-40(30-31-55-50)54(7,8)39-19-10-9-11-20-39/h9-31,33-35H,32,36H2,1-8H3/i7D3,8D3. The van der Waals surface area contributed by atoms with Gasteiger partial charge in [-0.25, -0.2) is 4.98 Å². The van der Waals surface area contributed by atoms with Crippen molar-refractivity contribution in [2.75, 3.05) is 16.5 Å². The highest BCUT2D eigenvalue weighted by molar-refractivity contribution is 6.09. The van der Waals surface area contributed by atoms with Crippen LogP contribution in [0.15, 0.2) is 158 Å². The summed E-state index contributed by atoms with van der Waals surface area (Å²) in [5.41, 5.74) is 9.34. The molecule has 2 aromatic heterocycles. The number of pyridine rings is 1. The predicted molar refractivity (Wildman–Crippen MR) is 246 cm³/mol. The fourth-order valence-corrected chi connectivity index (χ4v) is 8.74. The van der Waals surface area contributed by atoms with E-state index in [4.69, 9.17) is 13.2 Å². The summed E-state index contributed by atoms with van der Waals surface area (Å²) >= 11 is 0. The first-order valence-electron chi connectivity index (χ1n) is 23.2. The van der Waals surface area contributed by atoms with Gasteiger partial charge in [-0.05, 0) is 99.2 Å². The molecule has 290 valence electrons. The molecule has 0 aliphatic carbocycles. The van der Waals surface area contributed by atoms with Crippen molar-refractivity contribution in [1.29, 1.82) is 0 Å². The molecule has 0 N–H and O–H groups in total. The van der Waals surface area contributed by atoms with Crippen LogP contribution in [0.2, 0.25) is 0 Å². The Morgan fingerprint density at radius 1 is 0.552 bits per heavy atom. The van der Waals surface area contributed by atoms with Gasteiger partial charge in [-0.1, -0.05) is 158 Å². The van der Waals surface area contributed by atoms with Crippen LogP contribution in [-0.2, 0) is 22.7 Å². The summed E-state index contributed by atoms with van der Waals surface area (Å²) in [4.78, 5) is 9.71. The molecule has 0 amide bonds. The fourth-order valence-electron chi connectivity index (χ4n) is 8.74. The van der Waals surface area contributed by atoms with Crippen LogP contribution in [-0.4, -0.2) is 16.2 Å². The first kappa shape index (κ1) is 30.9. The minimum atomic E-state index is -2.91. The summed E-state index contributed by atoms with van der Waals surface area (Å²) in [5.74, 6) is 0.441. The van der Waals surface area contributed by atoms with Crippen LogP contribution in [0.1, 0.15) is 96.9 Å². The monoisotopic (exact) mass is 764 g/mol. The largest absolute Gasteiger partial charge is 0.321 e. The number of rotatable bonds is 7. The molecular formula is C54H54N4. The maximum absolute atomic E-state index is 8.77. The van der Waals surface area contributed by atoms with Crippen LogP contribution in [0.3, 0.4) is 0 Å². The lowest BCUT2D eigenvalue weighted by molar-refractivity contribution is 0.568. The summed E-state index contributed by atoms with van der Waals surface area (Å²) in [6.45, 7) is 8.61. The highest BCUT2D eigenvalue weighted by atomic mass is 15.4. The molecule has 0 saturated heterocycles. The predicted octanol–water partition coefficient (Wildman–Crippen LogP) is 13.9. The third kappa shape index (κ3) is 6.55. The summed E-state index contributed by atoms with van der Waals surface area (Å²) in [7, 11) is 0. The number of hydrogen-bond donors (Lipinski definition) is 0. The lowest BCUT2D eigenvalue weighted by Gasteiger charge is -2.35. The Balaban J connectivity index is 1.12. The normalized spacial score (nSPS) is 15.4. The highest BCUT2D eigenvalue weighted by Gasteiger charge is 2.35. The molecule has 1 aliphatic heterocycles. The van der Waals surface area contributed by atoms with Gasteiger partial charge >= 0.3 is 0 Å². The molecule has 0 atom stereocenters. The van der Waals surface area contributed by atoms with Crippen molar-refractivity contribution in [3.8, 4) is 5.82 Å². The molecule has 0 saturated carbocycles. The zero-order valence-electron chi connectivity index (χ0n) is 40.2. The Labute approximate surface area is 352 Å². The van der Waals surface area contributed by atoms with E-state index in [2.05, 4.69) is 142 Å². The molecule has 8 aromatic rings. The maximum atomic E-state index is 8.77. The topological polar surface area (TPSA) is 24.3 Å². The number of benzene rings is 6. The summed E-state index contributed by atoms with van der Waals surface area (Å²) in [6, 6.07) is 50.3. The molecule has 0 radical (unpaired) electrons. The number of nitrogens with zero attached hydrogens (tertiary/aromatic N) is 4. The SMILES string of the molecule is [2H]C([2H])([2H])C(c1ccccc1)(c1ccnc(-n2c3ccccc3c3ccc(Cc4cccc(N5CN(c6c(C(C)(C)C)cccc6C(C)(C)C)c6ccccc65)c4)cc32)c1)C([2H])([2H])[2H]. The Bertz CT molecular complexity index is 2980. The second-order valence-corrected chi connectivity index (χ2v) is 17.8. The van der Waals surface area contributed by atoms with E-state index < -0.39 is 19.1 Å². The van der Waals surface area contributed by atoms with Gasteiger partial charge in [0.25, 0.3) is 0 Å². The molecule has 6 aromatic carbocycles. The van der Waals surface area contributed by atoms with Crippen molar-refractivity contribution >= 4 is 44.6 Å². The molecule has 1 aliphatic rings. The molecule has 0 fully saturated rings. The van der Waals surface area contributed by atoms with Crippen LogP contribution in [0.5, 0.6) is 0 Å². The second kappa shape index (κ2) is 14.1. The lowest BCUT2D eigenvalue weighted by Crippen LogP contribution is -2.29. The maximum Gasteiger partial charge on any atom is 0.137 e. The van der Waals surface area contributed by atoms with Crippen molar-refractivity contribution in [3.63, 3.8) is 0 Å². The van der Waals surface area contributed by atoms with Gasteiger partial charge in [-0.2, -0.15) is 0 Å². The van der Waals surface area contributed by atoms with Crippen LogP contribution in [0.25, 0.3) is 27.6 Å². The van der Waals surface area contributed by atoms with E-state index in [-0.39, 0.29) is 22.0 Å². The van der Waals surface area contributed by atoms with E-state index in [0.29, 0.717) is 18.9 Å². The van der Waals surface area contributed by atoms with Crippen LogP contribution < -0.4 is 9.80 Å². The third-order valence-electron chi connectivity index (χ3n) is 11.7. The molecule has 58 heavy (non-hydrogen) atoms. The number of aromatic nitrogens is 2. The van der Waals surface area contributed by atoms with E-state index in [0.717, 1.165) is 44.3 Å². The van der Waals surface area contributed by atoms with Crippen molar-refractivity contribution in [1.82, 2.24) is 9.55 Å². The van der Waals surface area contributed by atoms with Gasteiger partial charge in [0, 0.05) is 36.3 Å². The second-order valence-electron chi connectivity index (χ2n) is 17.8. The number of anilines is 4. The van der Waals surface area contributed by atoms with Gasteiger partial charge in [-0.3, -0.25) is 4.57 Å². The Hall–Kier alpha value is -6.13. The highest BCUT2D eigenvalue weighted by Crippen LogP contribution is 2.50. The van der Waals surface area contributed by atoms with Crippen molar-refractivity contribution in [2.45, 2.75) is 77.9 Å². The van der Waals surface area contributed by atoms with Crippen LogP contribution in [0, 0.1) is 0 Å². The van der Waals surface area contributed by atoms with Gasteiger partial charge in [0.2, 0.25) is 0 Å². The van der Waals surface area contributed by atoms with Crippen molar-refractivity contribution in [2.24, 2.45) is 0 Å². The van der Waals surface area contributed by atoms with E-state index in [1.807, 2.05) is 22.8 Å². The molecule has 4 heteroatoms. The van der Waals surface area contributed by atoms with Gasteiger partial charge in [-0.15, -0.1) is 0 Å². The van der Waals surface area contributed by atoms with Crippen LogP contribution in [0.4, 0.5) is 22.7 Å². The zero-order valence-corrected chi connectivity index (χ0v) is 34.2. The molecule has 0 unspecified atom stereocenters. The minimum absolute atomic E-state index is 0.0627. The summed E-state index contributed by atoms with van der Waals surface area (Å²) in [5, 5.41) is 2.03. The quantitative estimate of drug-likeness (QED) is 0.162. The molecule has 0 spiro atoms. The van der Waals surface area contributed by atoms with E-state index >= 15 is 0 Å².